The first-order valence-electron chi connectivity index (χ1n) is 12.3. The molecule has 0 saturated carbocycles. The highest BCUT2D eigenvalue weighted by Gasteiger charge is 2.43. The standard InChI is InChI=1S/C26H30F3NO7/c27-26(28,29)22(37-23-11-5-6-12-35-23)15-34-14-21(24(31)32)30-25(33)36-13-20-18-9-3-1-7-16(18)17-8-2-4-10-19(17)20/h1-4,7-10,16,18,20-23H,5-6,11-15H2,(H,30,33)(H,31,32). The first-order valence-corrected chi connectivity index (χ1v) is 12.3. The number of benzene rings is 1. The molecule has 2 aliphatic carbocycles. The summed E-state index contributed by atoms with van der Waals surface area (Å²) in [5.74, 6) is -1.31. The lowest BCUT2D eigenvalue weighted by Crippen LogP contribution is -2.46. The monoisotopic (exact) mass is 525 g/mol. The van der Waals surface area contributed by atoms with Crippen molar-refractivity contribution < 1.29 is 46.8 Å². The Morgan fingerprint density at radius 1 is 1.11 bits per heavy atom. The molecule has 1 amide bonds. The molecule has 1 aromatic carbocycles. The zero-order chi connectivity index (χ0) is 26.4. The summed E-state index contributed by atoms with van der Waals surface area (Å²) in [7, 11) is 0. The molecule has 6 atom stereocenters. The Balaban J connectivity index is 1.28. The highest BCUT2D eigenvalue weighted by atomic mass is 19.4. The van der Waals surface area contributed by atoms with Crippen LogP contribution in [0.1, 0.15) is 42.2 Å². The molecule has 37 heavy (non-hydrogen) atoms. The van der Waals surface area contributed by atoms with Crippen molar-refractivity contribution in [2.45, 2.75) is 55.7 Å². The smallest absolute Gasteiger partial charge is 0.417 e. The second-order valence-electron chi connectivity index (χ2n) is 9.24. The van der Waals surface area contributed by atoms with Crippen molar-refractivity contribution >= 4 is 12.1 Å². The number of alkyl carbamates (subject to hydrolysis) is 1. The maximum atomic E-state index is 13.4. The van der Waals surface area contributed by atoms with E-state index >= 15 is 0 Å². The van der Waals surface area contributed by atoms with Crippen LogP contribution in [0.25, 0.3) is 0 Å². The van der Waals surface area contributed by atoms with Crippen LogP contribution >= 0.6 is 0 Å². The van der Waals surface area contributed by atoms with E-state index in [1.54, 1.807) is 0 Å². The molecule has 202 valence electrons. The number of fused-ring (bicyclic) bond motifs is 3. The second-order valence-corrected chi connectivity index (χ2v) is 9.24. The number of carboxylic acid groups (broad SMARTS) is 1. The summed E-state index contributed by atoms with van der Waals surface area (Å²) < 4.78 is 60.7. The minimum Gasteiger partial charge on any atom is -0.480 e. The zero-order valence-electron chi connectivity index (χ0n) is 20.1. The Hall–Kier alpha value is -2.89. The third kappa shape index (κ3) is 6.91. The van der Waals surface area contributed by atoms with E-state index in [0.29, 0.717) is 19.4 Å². The van der Waals surface area contributed by atoms with Crippen LogP contribution in [-0.2, 0) is 23.7 Å². The lowest BCUT2D eigenvalue weighted by molar-refractivity contribution is -0.287. The molecular weight excluding hydrogens is 495 g/mol. The lowest BCUT2D eigenvalue weighted by atomic mass is 9.84. The van der Waals surface area contributed by atoms with Crippen molar-refractivity contribution in [3.05, 3.63) is 59.7 Å². The van der Waals surface area contributed by atoms with Gasteiger partial charge in [0, 0.05) is 18.4 Å². The molecule has 0 radical (unpaired) electrons. The van der Waals surface area contributed by atoms with Crippen LogP contribution in [0.5, 0.6) is 0 Å². The summed E-state index contributed by atoms with van der Waals surface area (Å²) in [6.45, 7) is -1.31. The van der Waals surface area contributed by atoms with Gasteiger partial charge in [-0.1, -0.05) is 48.6 Å². The van der Waals surface area contributed by atoms with Crippen LogP contribution in [0.15, 0.2) is 48.6 Å². The summed E-state index contributed by atoms with van der Waals surface area (Å²) in [4.78, 5) is 24.0. The van der Waals surface area contributed by atoms with E-state index in [4.69, 9.17) is 18.9 Å². The number of carbonyl (C=O) groups is 2. The van der Waals surface area contributed by atoms with Gasteiger partial charge < -0.3 is 29.4 Å². The van der Waals surface area contributed by atoms with Gasteiger partial charge in [-0.15, -0.1) is 0 Å². The van der Waals surface area contributed by atoms with Crippen molar-refractivity contribution in [1.82, 2.24) is 5.32 Å². The van der Waals surface area contributed by atoms with Crippen molar-refractivity contribution in [3.63, 3.8) is 0 Å². The van der Waals surface area contributed by atoms with Gasteiger partial charge in [-0.3, -0.25) is 0 Å². The minimum absolute atomic E-state index is 0.0146. The predicted octanol–water partition coefficient (Wildman–Crippen LogP) is 4.28. The average molecular weight is 526 g/mol. The number of carboxylic acids is 1. The number of carbonyl (C=O) groups excluding carboxylic acids is 1. The summed E-state index contributed by atoms with van der Waals surface area (Å²) in [5.41, 5.74) is 2.21. The van der Waals surface area contributed by atoms with E-state index in [2.05, 4.69) is 17.5 Å². The van der Waals surface area contributed by atoms with Gasteiger partial charge in [0.1, 0.15) is 6.61 Å². The Morgan fingerprint density at radius 2 is 1.86 bits per heavy atom. The summed E-state index contributed by atoms with van der Waals surface area (Å²) in [5, 5.41) is 11.6. The number of amides is 1. The normalized spacial score (nSPS) is 26.1. The molecule has 0 aromatic heterocycles. The van der Waals surface area contributed by atoms with E-state index in [1.807, 2.05) is 36.4 Å². The van der Waals surface area contributed by atoms with Gasteiger partial charge in [0.05, 0.1) is 13.2 Å². The SMILES string of the molecule is O=C(NC(COCC(OC1CCCCO1)C(F)(F)F)C(=O)O)OCC1c2ccccc2C2C=CC=CC21. The summed E-state index contributed by atoms with van der Waals surface area (Å²) in [6, 6.07) is 6.27. The first-order chi connectivity index (χ1) is 17.7. The fourth-order valence-corrected chi connectivity index (χ4v) is 4.91. The molecule has 1 heterocycles. The van der Waals surface area contributed by atoms with Gasteiger partial charge in [-0.25, -0.2) is 9.59 Å². The van der Waals surface area contributed by atoms with Crippen molar-refractivity contribution in [2.75, 3.05) is 26.4 Å². The van der Waals surface area contributed by atoms with Crippen LogP contribution in [0.3, 0.4) is 0 Å². The number of allylic oxidation sites excluding steroid dienone is 4. The highest BCUT2D eigenvalue weighted by Crippen LogP contribution is 2.49. The van der Waals surface area contributed by atoms with E-state index < -0.39 is 49.9 Å². The number of hydrogen-bond acceptors (Lipinski definition) is 6. The Labute approximate surface area is 212 Å². The fraction of sp³-hybridized carbons (Fsp3) is 0.538. The molecule has 0 bridgehead atoms. The fourth-order valence-electron chi connectivity index (χ4n) is 4.91. The molecule has 3 aliphatic rings. The van der Waals surface area contributed by atoms with Crippen LogP contribution in [0, 0.1) is 5.92 Å². The molecule has 1 saturated heterocycles. The molecule has 11 heteroatoms. The van der Waals surface area contributed by atoms with Crippen molar-refractivity contribution in [1.29, 1.82) is 0 Å². The molecule has 4 rings (SSSR count). The van der Waals surface area contributed by atoms with Gasteiger partial charge in [-0.2, -0.15) is 13.2 Å². The number of nitrogens with one attached hydrogen (secondary N) is 1. The molecule has 6 unspecified atom stereocenters. The molecule has 1 aromatic rings. The largest absolute Gasteiger partial charge is 0.480 e. The maximum absolute atomic E-state index is 13.4. The van der Waals surface area contributed by atoms with Crippen LogP contribution in [0.4, 0.5) is 18.0 Å². The van der Waals surface area contributed by atoms with Gasteiger partial charge in [-0.05, 0) is 36.3 Å². The predicted molar refractivity (Wildman–Crippen MR) is 125 cm³/mol. The number of alkyl halides is 3. The van der Waals surface area contributed by atoms with E-state index in [1.165, 1.54) is 0 Å². The summed E-state index contributed by atoms with van der Waals surface area (Å²) in [6.07, 6.45) is 0.820. The number of halogens is 3. The van der Waals surface area contributed by atoms with E-state index in [9.17, 15) is 27.9 Å². The minimum atomic E-state index is -4.73. The zero-order valence-corrected chi connectivity index (χ0v) is 20.1. The number of hydrogen-bond donors (Lipinski definition) is 2. The first kappa shape index (κ1) is 27.2. The molecular formula is C26H30F3NO7. The molecule has 2 N–H and O–H groups in total. The summed E-state index contributed by atoms with van der Waals surface area (Å²) >= 11 is 0. The quantitative estimate of drug-likeness (QED) is 0.470. The van der Waals surface area contributed by atoms with E-state index in [0.717, 1.165) is 17.5 Å². The van der Waals surface area contributed by atoms with Gasteiger partial charge in [0.15, 0.2) is 18.4 Å². The van der Waals surface area contributed by atoms with Crippen molar-refractivity contribution in [2.24, 2.45) is 5.92 Å². The second kappa shape index (κ2) is 12.1. The lowest BCUT2D eigenvalue weighted by Gasteiger charge is -2.29. The van der Waals surface area contributed by atoms with E-state index in [-0.39, 0.29) is 24.4 Å². The molecule has 8 nitrogen and oxygen atoms in total. The Morgan fingerprint density at radius 3 is 2.57 bits per heavy atom. The Kier molecular flexibility index (Phi) is 8.88. The van der Waals surface area contributed by atoms with Crippen LogP contribution in [-0.4, -0.2) is 68.2 Å². The maximum Gasteiger partial charge on any atom is 0.417 e. The molecule has 1 fully saturated rings. The van der Waals surface area contributed by atoms with Crippen LogP contribution < -0.4 is 5.32 Å². The van der Waals surface area contributed by atoms with Crippen molar-refractivity contribution in [3.8, 4) is 0 Å². The number of ether oxygens (including phenoxy) is 4. The molecule has 0 spiro atoms. The van der Waals surface area contributed by atoms with Gasteiger partial charge >= 0.3 is 18.2 Å². The third-order valence-electron chi connectivity index (χ3n) is 6.75. The average Bonchev–Trinajstić information content (AvgIpc) is 3.20. The van der Waals surface area contributed by atoms with Gasteiger partial charge in [0.25, 0.3) is 0 Å². The van der Waals surface area contributed by atoms with Crippen LogP contribution in [0.2, 0.25) is 0 Å². The topological polar surface area (TPSA) is 103 Å². The molecule has 1 aliphatic heterocycles. The number of rotatable bonds is 10. The number of aliphatic carboxylic acids is 1. The Bertz CT molecular complexity index is 1010. The highest BCUT2D eigenvalue weighted by molar-refractivity contribution is 5.80. The third-order valence-corrected chi connectivity index (χ3v) is 6.75. The van der Waals surface area contributed by atoms with Gasteiger partial charge in [0.2, 0.25) is 0 Å².